The molecule has 4 fully saturated rings. The highest BCUT2D eigenvalue weighted by Crippen LogP contribution is 2.51. The van der Waals surface area contributed by atoms with Crippen molar-refractivity contribution in [2.75, 3.05) is 6.54 Å². The summed E-state index contributed by atoms with van der Waals surface area (Å²) in [6, 6.07) is 5.06. The molecule has 50 heavy (non-hydrogen) atoms. The maximum atomic E-state index is 14.3. The van der Waals surface area contributed by atoms with Gasteiger partial charge in [0.1, 0.15) is 34.8 Å². The van der Waals surface area contributed by atoms with Crippen LogP contribution in [0.4, 0.5) is 4.79 Å². The first-order chi connectivity index (χ1) is 23.5. The summed E-state index contributed by atoms with van der Waals surface area (Å²) in [6.07, 6.45) is 4.08. The molecule has 2 saturated heterocycles. The normalized spacial score (nSPS) is 30.2. The van der Waals surface area contributed by atoms with Crippen LogP contribution in [0, 0.1) is 11.8 Å². The number of rotatable bonds is 6. The highest BCUT2D eigenvalue weighted by molar-refractivity contribution is 7.91. The standard InChI is InChI=1S/C35H49N5O9S/c1-21-12-8-6-7-9-14-25(36-31(44)49-33(2,3)4)29(42)40-20-22(47-32-37-24-13-10-11-15-27(24)48-32)18-26(40)28(41)38-35(19-23(21)35)30(43)39-50(45,46)34(5)16-17-34/h10-11,13,15,21-23,25-26H,6-9,12,14,16-20H2,1-5H3,(H,36,44)(H,38,41)(H,39,43)/t21?,22-,23+,25+,26+,35-/m1/s1. The Morgan fingerprint density at radius 1 is 1.08 bits per heavy atom. The van der Waals surface area contributed by atoms with Crippen LogP contribution in [0.15, 0.2) is 28.7 Å². The number of benzene rings is 1. The molecule has 0 radical (unpaired) electrons. The number of hydrogen-bond acceptors (Lipinski definition) is 10. The van der Waals surface area contributed by atoms with E-state index in [1.165, 1.54) is 4.90 Å². The number of ether oxygens (including phenoxy) is 2. The molecule has 0 bridgehead atoms. The smallest absolute Gasteiger partial charge is 0.408 e. The summed E-state index contributed by atoms with van der Waals surface area (Å²) in [5, 5.41) is 5.67. The largest absolute Gasteiger partial charge is 0.445 e. The first kappa shape index (κ1) is 35.9. The fourth-order valence-corrected chi connectivity index (χ4v) is 8.53. The number of hydrogen-bond donors (Lipinski definition) is 3. The summed E-state index contributed by atoms with van der Waals surface area (Å²) in [6.45, 7) is 8.80. The van der Waals surface area contributed by atoms with Crippen molar-refractivity contribution >= 4 is 44.9 Å². The van der Waals surface area contributed by atoms with Crippen LogP contribution in [-0.4, -0.2) is 82.7 Å². The molecule has 2 aliphatic carbocycles. The van der Waals surface area contributed by atoms with Crippen molar-refractivity contribution in [2.45, 2.75) is 133 Å². The van der Waals surface area contributed by atoms with Crippen LogP contribution in [-0.2, 0) is 29.1 Å². The number of carbonyl (C=O) groups excluding carboxylic acids is 4. The Bertz CT molecular complexity index is 1720. The molecule has 1 aromatic heterocycles. The van der Waals surface area contributed by atoms with E-state index in [2.05, 4.69) is 20.3 Å². The minimum atomic E-state index is -3.97. The van der Waals surface area contributed by atoms with E-state index < -0.39 is 67.9 Å². The summed E-state index contributed by atoms with van der Waals surface area (Å²) >= 11 is 0. The van der Waals surface area contributed by atoms with Crippen LogP contribution in [0.25, 0.3) is 11.1 Å². The second-order valence-corrected chi connectivity index (χ2v) is 17.9. The minimum Gasteiger partial charge on any atom is -0.445 e. The second-order valence-electron chi connectivity index (χ2n) is 15.8. The van der Waals surface area contributed by atoms with Gasteiger partial charge in [-0.25, -0.2) is 13.2 Å². The van der Waals surface area contributed by atoms with Gasteiger partial charge in [-0.3, -0.25) is 19.1 Å². The quantitative estimate of drug-likeness (QED) is 0.396. The maximum absolute atomic E-state index is 14.3. The topological polar surface area (TPSA) is 186 Å². The number of para-hydroxylation sites is 2. The zero-order chi connectivity index (χ0) is 36.1. The van der Waals surface area contributed by atoms with Crippen LogP contribution in [0.3, 0.4) is 0 Å². The fraction of sp³-hybridized carbons (Fsp3) is 0.686. The van der Waals surface area contributed by atoms with Gasteiger partial charge in [-0.05, 0) is 77.3 Å². The molecule has 2 saturated carbocycles. The molecule has 1 aromatic carbocycles. The van der Waals surface area contributed by atoms with Gasteiger partial charge in [-0.15, -0.1) is 0 Å². The molecular weight excluding hydrogens is 666 g/mol. The number of aromatic nitrogens is 1. The number of carbonyl (C=O) groups is 4. The van der Waals surface area contributed by atoms with E-state index in [1.54, 1.807) is 45.9 Å². The van der Waals surface area contributed by atoms with Crippen LogP contribution in [0.2, 0.25) is 0 Å². The maximum Gasteiger partial charge on any atom is 0.408 e. The van der Waals surface area contributed by atoms with E-state index in [9.17, 15) is 27.6 Å². The third kappa shape index (κ3) is 7.57. The number of nitrogens with zero attached hydrogens (tertiary/aromatic N) is 2. The Kier molecular flexibility index (Phi) is 9.59. The molecule has 6 rings (SSSR count). The molecular formula is C35H49N5O9S. The van der Waals surface area contributed by atoms with Crippen molar-refractivity contribution in [3.8, 4) is 6.08 Å². The molecule has 1 unspecified atom stereocenters. The van der Waals surface area contributed by atoms with Gasteiger partial charge in [-0.1, -0.05) is 51.2 Å². The van der Waals surface area contributed by atoms with Gasteiger partial charge in [0, 0.05) is 6.42 Å². The Balaban J connectivity index is 1.29. The lowest BCUT2D eigenvalue weighted by molar-refractivity contribution is -0.141. The molecule has 6 atom stereocenters. The number of amides is 4. The van der Waals surface area contributed by atoms with Gasteiger partial charge in [0.15, 0.2) is 5.58 Å². The summed E-state index contributed by atoms with van der Waals surface area (Å²) in [5.74, 6) is -2.09. The van der Waals surface area contributed by atoms with E-state index in [0.717, 1.165) is 25.7 Å². The Morgan fingerprint density at radius 3 is 2.46 bits per heavy atom. The highest BCUT2D eigenvalue weighted by atomic mass is 32.2. The number of oxazole rings is 1. The van der Waals surface area contributed by atoms with Gasteiger partial charge < -0.3 is 29.4 Å². The molecule has 274 valence electrons. The van der Waals surface area contributed by atoms with Crippen molar-refractivity contribution in [3.63, 3.8) is 0 Å². The van der Waals surface area contributed by atoms with Gasteiger partial charge in [0.25, 0.3) is 5.91 Å². The summed E-state index contributed by atoms with van der Waals surface area (Å²) in [4.78, 5) is 61.2. The summed E-state index contributed by atoms with van der Waals surface area (Å²) in [5.41, 5.74) is -1.14. The molecule has 3 N–H and O–H groups in total. The second kappa shape index (κ2) is 13.3. The van der Waals surface area contributed by atoms with Gasteiger partial charge in [0.05, 0.1) is 11.3 Å². The zero-order valence-corrected chi connectivity index (χ0v) is 30.3. The first-order valence-electron chi connectivity index (χ1n) is 17.7. The molecule has 4 amide bonds. The minimum absolute atomic E-state index is 0.0130. The van der Waals surface area contributed by atoms with E-state index in [4.69, 9.17) is 13.9 Å². The molecule has 4 aliphatic rings. The van der Waals surface area contributed by atoms with Crippen molar-refractivity contribution in [2.24, 2.45) is 11.8 Å². The lowest BCUT2D eigenvalue weighted by atomic mass is 9.94. The van der Waals surface area contributed by atoms with Crippen LogP contribution in [0.5, 0.6) is 6.08 Å². The van der Waals surface area contributed by atoms with Gasteiger partial charge in [0.2, 0.25) is 21.8 Å². The van der Waals surface area contributed by atoms with E-state index >= 15 is 0 Å². The third-order valence-corrected chi connectivity index (χ3v) is 12.7. The average Bonchev–Trinajstić information content (AvgIpc) is 3.86. The zero-order valence-electron chi connectivity index (χ0n) is 29.5. The first-order valence-corrected chi connectivity index (χ1v) is 19.2. The SMILES string of the molecule is CC1CCCCCC[C@H](NC(=O)OC(C)(C)C)C(=O)N2C[C@H](Oc3nc4ccccc4o3)C[C@H]2C(=O)N[C@]2(C(=O)NS(=O)(=O)C3(C)CC3)C[C@@H]12. The van der Waals surface area contributed by atoms with Gasteiger partial charge >= 0.3 is 12.2 Å². The molecule has 0 spiro atoms. The van der Waals surface area contributed by atoms with E-state index in [-0.39, 0.29) is 37.3 Å². The van der Waals surface area contributed by atoms with Crippen LogP contribution in [0.1, 0.15) is 98.8 Å². The lowest BCUT2D eigenvalue weighted by Crippen LogP contribution is -2.59. The average molecular weight is 716 g/mol. The molecule has 2 aliphatic heterocycles. The Labute approximate surface area is 292 Å². The fourth-order valence-electron chi connectivity index (χ4n) is 7.22. The summed E-state index contributed by atoms with van der Waals surface area (Å²) < 4.78 is 44.9. The van der Waals surface area contributed by atoms with Crippen molar-refractivity contribution in [1.82, 2.24) is 25.2 Å². The van der Waals surface area contributed by atoms with Crippen molar-refractivity contribution in [1.29, 1.82) is 0 Å². The van der Waals surface area contributed by atoms with Crippen molar-refractivity contribution < 1.29 is 41.5 Å². The predicted octanol–water partition coefficient (Wildman–Crippen LogP) is 3.93. The summed E-state index contributed by atoms with van der Waals surface area (Å²) in [7, 11) is -3.97. The third-order valence-electron chi connectivity index (χ3n) is 10.6. The van der Waals surface area contributed by atoms with E-state index in [0.29, 0.717) is 36.8 Å². The Morgan fingerprint density at radius 2 is 1.78 bits per heavy atom. The van der Waals surface area contributed by atoms with Gasteiger partial charge in [-0.2, -0.15) is 4.98 Å². The molecule has 14 nitrogen and oxygen atoms in total. The number of nitrogens with one attached hydrogen (secondary N) is 3. The van der Waals surface area contributed by atoms with Crippen LogP contribution >= 0.6 is 0 Å². The molecule has 3 heterocycles. The monoisotopic (exact) mass is 715 g/mol. The van der Waals surface area contributed by atoms with Crippen molar-refractivity contribution in [3.05, 3.63) is 24.3 Å². The van der Waals surface area contributed by atoms with Crippen LogP contribution < -0.4 is 20.1 Å². The number of sulfonamides is 1. The number of fused-ring (bicyclic) bond motifs is 3. The predicted molar refractivity (Wildman–Crippen MR) is 182 cm³/mol. The molecule has 15 heteroatoms. The number of alkyl carbamates (subject to hydrolysis) is 1. The highest BCUT2D eigenvalue weighted by Gasteiger charge is 2.65. The van der Waals surface area contributed by atoms with E-state index in [1.807, 2.05) is 13.0 Å². The molecule has 2 aromatic rings. The Hall–Kier alpha value is -3.88. The lowest BCUT2D eigenvalue weighted by Gasteiger charge is -2.30.